The van der Waals surface area contributed by atoms with Gasteiger partial charge in [0.2, 0.25) is 5.91 Å². The number of thioether (sulfide) groups is 1. The van der Waals surface area contributed by atoms with Gasteiger partial charge in [0.15, 0.2) is 8.32 Å². The quantitative estimate of drug-likeness (QED) is 0.0844. The number of likely N-dealkylation sites (tertiary alicyclic amines) is 1. The Hall–Kier alpha value is -2.15. The van der Waals surface area contributed by atoms with E-state index in [1.807, 2.05) is 13.8 Å². The Bertz CT molecular complexity index is 1080. The Balaban J connectivity index is 1.86. The van der Waals surface area contributed by atoms with Crippen molar-refractivity contribution in [2.45, 2.75) is 82.6 Å². The van der Waals surface area contributed by atoms with Crippen LogP contribution in [0.1, 0.15) is 41.0 Å². The van der Waals surface area contributed by atoms with Crippen LogP contribution in [0.5, 0.6) is 0 Å². The van der Waals surface area contributed by atoms with Crippen LogP contribution in [0.15, 0.2) is 35.9 Å². The number of halogens is 1. The SMILES string of the molecule is C=CCOC(=O)C1=C(S[C@H]2C[C@@H](COCCF)N(C(=O)OCC=C)C2)[C@@H](C)[C@@H]2[C@@H]([C@@H](C)O[Si](C)(C)C(C)(C)C)C(=O)N12. The molecule has 42 heavy (non-hydrogen) atoms. The molecule has 6 atom stereocenters. The van der Waals surface area contributed by atoms with Crippen molar-refractivity contribution < 1.29 is 37.4 Å². The van der Waals surface area contributed by atoms with E-state index in [2.05, 4.69) is 47.0 Å². The first-order valence-corrected chi connectivity index (χ1v) is 18.4. The molecule has 2 saturated heterocycles. The summed E-state index contributed by atoms with van der Waals surface area (Å²) in [4.78, 5) is 43.7. The maximum atomic E-state index is 13.6. The fourth-order valence-electron chi connectivity index (χ4n) is 5.58. The largest absolute Gasteiger partial charge is 0.457 e. The highest BCUT2D eigenvalue weighted by Gasteiger charge is 2.61. The van der Waals surface area contributed by atoms with Gasteiger partial charge in [-0.2, -0.15) is 0 Å². The van der Waals surface area contributed by atoms with Crippen molar-refractivity contribution in [1.29, 1.82) is 0 Å². The van der Waals surface area contributed by atoms with Gasteiger partial charge in [-0.15, -0.1) is 11.8 Å². The van der Waals surface area contributed by atoms with E-state index in [1.165, 1.54) is 23.9 Å². The van der Waals surface area contributed by atoms with E-state index in [0.717, 1.165) is 4.91 Å². The Morgan fingerprint density at radius 1 is 1.19 bits per heavy atom. The fourth-order valence-corrected chi connectivity index (χ4v) is 8.57. The molecule has 0 aromatic heterocycles. The number of carbonyl (C=O) groups excluding carboxylic acids is 3. The molecule has 0 N–H and O–H groups in total. The van der Waals surface area contributed by atoms with E-state index < -0.39 is 27.1 Å². The summed E-state index contributed by atoms with van der Waals surface area (Å²) in [7, 11) is -2.14. The number of amides is 2. The van der Waals surface area contributed by atoms with Gasteiger partial charge in [0, 0.05) is 22.6 Å². The van der Waals surface area contributed by atoms with Crippen LogP contribution in [0, 0.1) is 11.8 Å². The molecule has 3 heterocycles. The minimum atomic E-state index is -2.14. The van der Waals surface area contributed by atoms with Gasteiger partial charge in [0.25, 0.3) is 0 Å². The number of ether oxygens (including phenoxy) is 3. The van der Waals surface area contributed by atoms with Gasteiger partial charge in [-0.05, 0) is 31.5 Å². The lowest BCUT2D eigenvalue weighted by Crippen LogP contribution is -2.65. The van der Waals surface area contributed by atoms with Gasteiger partial charge in [-0.1, -0.05) is 53.0 Å². The first kappa shape index (κ1) is 34.3. The average molecular weight is 627 g/mol. The molecule has 0 aliphatic carbocycles. The molecule has 2 amide bonds. The van der Waals surface area contributed by atoms with E-state index >= 15 is 0 Å². The lowest BCUT2D eigenvalue weighted by molar-refractivity contribution is -0.163. The van der Waals surface area contributed by atoms with Crippen LogP contribution in [0.2, 0.25) is 18.1 Å². The maximum Gasteiger partial charge on any atom is 0.410 e. The molecule has 3 aliphatic heterocycles. The van der Waals surface area contributed by atoms with Gasteiger partial charge in [0.05, 0.1) is 37.3 Å². The number of rotatable bonds is 14. The molecule has 2 fully saturated rings. The second kappa shape index (κ2) is 14.1. The smallest absolute Gasteiger partial charge is 0.410 e. The zero-order valence-electron chi connectivity index (χ0n) is 26.0. The number of esters is 1. The molecular weight excluding hydrogens is 579 g/mol. The normalized spacial score (nSPS) is 26.6. The topological polar surface area (TPSA) is 94.6 Å². The summed E-state index contributed by atoms with van der Waals surface area (Å²) in [6.45, 7) is 22.0. The predicted molar refractivity (Wildman–Crippen MR) is 164 cm³/mol. The number of nitrogens with zero attached hydrogens (tertiary/aromatic N) is 2. The van der Waals surface area contributed by atoms with Crippen LogP contribution in [0.4, 0.5) is 9.18 Å². The van der Waals surface area contributed by atoms with Crippen molar-refractivity contribution in [2.75, 3.05) is 39.6 Å². The van der Waals surface area contributed by atoms with Gasteiger partial charge in [0.1, 0.15) is 25.6 Å². The third-order valence-electron chi connectivity index (χ3n) is 8.67. The Morgan fingerprint density at radius 3 is 2.43 bits per heavy atom. The highest BCUT2D eigenvalue weighted by Crippen LogP contribution is 2.53. The van der Waals surface area contributed by atoms with Crippen LogP contribution < -0.4 is 0 Å². The maximum absolute atomic E-state index is 13.6. The van der Waals surface area contributed by atoms with Crippen molar-refractivity contribution in [1.82, 2.24) is 9.80 Å². The monoisotopic (exact) mass is 626 g/mol. The number of hydrogen-bond donors (Lipinski definition) is 0. The molecular formula is C30H47FN2O7SSi. The van der Waals surface area contributed by atoms with Crippen molar-refractivity contribution in [3.63, 3.8) is 0 Å². The lowest BCUT2D eigenvalue weighted by atomic mass is 9.79. The summed E-state index contributed by atoms with van der Waals surface area (Å²) in [5.41, 5.74) is 0.262. The number of β-lactam (4-membered cyclic amide) rings is 1. The molecule has 236 valence electrons. The third-order valence-corrected chi connectivity index (χ3v) is 14.7. The summed E-state index contributed by atoms with van der Waals surface area (Å²) in [6.07, 6.45) is 2.73. The van der Waals surface area contributed by atoms with Crippen LogP contribution in [-0.4, -0.2) is 99.2 Å². The molecule has 9 nitrogen and oxygen atoms in total. The van der Waals surface area contributed by atoms with Crippen LogP contribution >= 0.6 is 11.8 Å². The van der Waals surface area contributed by atoms with E-state index in [1.54, 1.807) is 9.80 Å². The summed E-state index contributed by atoms with van der Waals surface area (Å²) < 4.78 is 35.5. The molecule has 12 heteroatoms. The highest BCUT2D eigenvalue weighted by atomic mass is 32.2. The van der Waals surface area contributed by atoms with E-state index in [0.29, 0.717) is 13.0 Å². The van der Waals surface area contributed by atoms with Crippen LogP contribution in [0.25, 0.3) is 0 Å². The Morgan fingerprint density at radius 2 is 1.83 bits per heavy atom. The van der Waals surface area contributed by atoms with Crippen LogP contribution in [0.3, 0.4) is 0 Å². The van der Waals surface area contributed by atoms with Crippen molar-refractivity contribution in [3.8, 4) is 0 Å². The average Bonchev–Trinajstić information content (AvgIpc) is 3.42. The van der Waals surface area contributed by atoms with Gasteiger partial charge in [-0.3, -0.25) is 4.79 Å². The summed E-state index contributed by atoms with van der Waals surface area (Å²) >= 11 is 1.49. The molecule has 0 unspecified atom stereocenters. The molecule has 0 aromatic carbocycles. The van der Waals surface area contributed by atoms with Gasteiger partial charge < -0.3 is 28.4 Å². The second-order valence-electron chi connectivity index (χ2n) is 12.6. The minimum Gasteiger partial charge on any atom is -0.457 e. The number of alkyl halides is 1. The van der Waals surface area contributed by atoms with Crippen molar-refractivity contribution >= 4 is 38.0 Å². The summed E-state index contributed by atoms with van der Waals surface area (Å²) in [5, 5.41) is -0.118. The summed E-state index contributed by atoms with van der Waals surface area (Å²) in [5.74, 6) is -1.24. The second-order valence-corrected chi connectivity index (χ2v) is 18.7. The van der Waals surface area contributed by atoms with E-state index in [9.17, 15) is 18.8 Å². The van der Waals surface area contributed by atoms with Gasteiger partial charge >= 0.3 is 12.1 Å². The van der Waals surface area contributed by atoms with E-state index in [4.69, 9.17) is 18.6 Å². The summed E-state index contributed by atoms with van der Waals surface area (Å²) in [6, 6.07) is -0.547. The number of fused-ring (bicyclic) bond motifs is 1. The minimum absolute atomic E-state index is 0.0143. The molecule has 0 bridgehead atoms. The lowest BCUT2D eigenvalue weighted by Gasteiger charge is -2.50. The molecule has 3 rings (SSSR count). The Kier molecular flexibility index (Phi) is 11.5. The third kappa shape index (κ3) is 7.14. The number of carbonyl (C=O) groups is 3. The zero-order valence-corrected chi connectivity index (χ0v) is 27.8. The fraction of sp³-hybridized carbons (Fsp3) is 0.700. The first-order chi connectivity index (χ1) is 19.7. The van der Waals surface area contributed by atoms with Crippen LogP contribution in [-0.2, 0) is 28.2 Å². The molecule has 0 aromatic rings. The van der Waals surface area contributed by atoms with E-state index in [-0.39, 0.29) is 78.3 Å². The Labute approximate surface area is 254 Å². The molecule has 3 aliphatic rings. The first-order valence-electron chi connectivity index (χ1n) is 14.6. The standard InChI is InChI=1S/C30H47FN2O7SSi/c1-10-13-38-28(35)25-26(41-22-16-21(18-37-15-12-31)32(17-22)29(36)39-14-11-2)19(3)24-23(27(34)33(24)25)20(4)40-42(8,9)30(5,6)7/h10-11,19-24H,1-2,12-18H2,3-9H3/t19-,20+,21-,22-,23+,24+/m0/s1. The predicted octanol–water partition coefficient (Wildman–Crippen LogP) is 5.30. The molecule has 0 spiro atoms. The highest BCUT2D eigenvalue weighted by molar-refractivity contribution is 8.03. The van der Waals surface area contributed by atoms with Gasteiger partial charge in [-0.25, -0.2) is 14.0 Å². The van der Waals surface area contributed by atoms with Crippen molar-refractivity contribution in [2.24, 2.45) is 11.8 Å². The number of hydrogen-bond acceptors (Lipinski definition) is 8. The van der Waals surface area contributed by atoms with Crippen molar-refractivity contribution in [3.05, 3.63) is 35.9 Å². The molecule has 0 saturated carbocycles. The molecule has 0 radical (unpaired) electrons. The zero-order chi connectivity index (χ0) is 31.4.